The first-order valence-corrected chi connectivity index (χ1v) is 8.15. The van der Waals surface area contributed by atoms with Crippen LogP contribution in [0, 0.1) is 18.3 Å². The van der Waals surface area contributed by atoms with Crippen LogP contribution >= 0.6 is 11.6 Å². The van der Waals surface area contributed by atoms with Gasteiger partial charge in [-0.25, -0.2) is 9.97 Å². The van der Waals surface area contributed by atoms with E-state index in [0.29, 0.717) is 33.0 Å². The predicted molar refractivity (Wildman–Crippen MR) is 99.4 cm³/mol. The zero-order chi connectivity index (χ0) is 18.4. The molecule has 3 aromatic heterocycles. The number of nitrogens with two attached hydrogens (primary N) is 1. The number of carbonyl (C=O) groups excluding carboxylic acids is 1. The van der Waals surface area contributed by atoms with Crippen LogP contribution in [-0.2, 0) is 0 Å². The normalized spacial score (nSPS) is 11.0. The molecule has 2 N–H and O–H groups in total. The number of nitrogens with zero attached hydrogens (tertiary/aromatic N) is 4. The van der Waals surface area contributed by atoms with Crippen molar-refractivity contribution in [2.45, 2.75) is 6.92 Å². The lowest BCUT2D eigenvalue weighted by Crippen LogP contribution is -2.12. The van der Waals surface area contributed by atoms with Gasteiger partial charge in [-0.1, -0.05) is 11.6 Å². The van der Waals surface area contributed by atoms with Gasteiger partial charge in [0.05, 0.1) is 28.1 Å². The second kappa shape index (κ2) is 5.83. The molecule has 3 heterocycles. The fraction of sp³-hybridized carbons (Fsp3) is 0.0526. The molecule has 4 rings (SSSR count). The van der Waals surface area contributed by atoms with Crippen LogP contribution in [0.25, 0.3) is 27.6 Å². The molecule has 0 bridgehead atoms. The summed E-state index contributed by atoms with van der Waals surface area (Å²) in [5.41, 5.74) is 8.95. The summed E-state index contributed by atoms with van der Waals surface area (Å²) < 4.78 is 1.82. The molecule has 126 valence electrons. The molecule has 0 unspecified atom stereocenters. The Hall–Kier alpha value is -3.43. The molecule has 26 heavy (non-hydrogen) atoms. The summed E-state index contributed by atoms with van der Waals surface area (Å²) in [5, 5.41) is 11.2. The largest absolute Gasteiger partial charge is 0.366 e. The number of halogens is 1. The molecule has 1 amide bonds. The summed E-state index contributed by atoms with van der Waals surface area (Å²) in [6, 6.07) is 12.9. The highest BCUT2D eigenvalue weighted by molar-refractivity contribution is 6.29. The number of primary amides is 1. The summed E-state index contributed by atoms with van der Waals surface area (Å²) in [4.78, 5) is 20.7. The van der Waals surface area contributed by atoms with Crippen molar-refractivity contribution in [2.24, 2.45) is 5.73 Å². The summed E-state index contributed by atoms with van der Waals surface area (Å²) in [5.74, 6) is -0.593. The molecular formula is C19H12ClN5O. The molecule has 0 saturated carbocycles. The molecule has 0 aliphatic rings. The minimum absolute atomic E-state index is 0.305. The Bertz CT molecular complexity index is 1250. The van der Waals surface area contributed by atoms with E-state index < -0.39 is 5.91 Å². The number of carbonyl (C=O) groups is 1. The van der Waals surface area contributed by atoms with Crippen LogP contribution in [0.1, 0.15) is 21.6 Å². The van der Waals surface area contributed by atoms with E-state index in [1.165, 1.54) is 0 Å². The van der Waals surface area contributed by atoms with E-state index in [1.807, 2.05) is 28.8 Å². The molecule has 1 aromatic carbocycles. The van der Waals surface area contributed by atoms with Crippen molar-refractivity contribution in [3.05, 3.63) is 64.6 Å². The summed E-state index contributed by atoms with van der Waals surface area (Å²) >= 11 is 5.94. The van der Waals surface area contributed by atoms with Crippen LogP contribution in [0.3, 0.4) is 0 Å². The lowest BCUT2D eigenvalue weighted by atomic mass is 10.1. The molecule has 0 radical (unpaired) electrons. The Kier molecular flexibility index (Phi) is 3.60. The second-order valence-electron chi connectivity index (χ2n) is 5.84. The monoisotopic (exact) mass is 361 g/mol. The van der Waals surface area contributed by atoms with Gasteiger partial charge in [-0.15, -0.1) is 0 Å². The molecule has 7 heteroatoms. The Labute approximate surface area is 153 Å². The molecule has 0 saturated heterocycles. The number of hydrogen-bond acceptors (Lipinski definition) is 4. The minimum atomic E-state index is -0.593. The Morgan fingerprint density at radius 3 is 2.81 bits per heavy atom. The predicted octanol–water partition coefficient (Wildman–Crippen LogP) is 3.51. The van der Waals surface area contributed by atoms with Gasteiger partial charge in [0.15, 0.2) is 0 Å². The van der Waals surface area contributed by atoms with E-state index in [2.05, 4.69) is 16.0 Å². The van der Waals surface area contributed by atoms with Gasteiger partial charge in [-0.05, 0) is 43.3 Å². The highest BCUT2D eigenvalue weighted by Crippen LogP contribution is 2.31. The highest BCUT2D eigenvalue weighted by Gasteiger charge is 2.22. The third kappa shape index (κ3) is 2.30. The first kappa shape index (κ1) is 16.1. The van der Waals surface area contributed by atoms with Crippen LogP contribution in [0.2, 0.25) is 5.15 Å². The number of amides is 1. The van der Waals surface area contributed by atoms with Crippen molar-refractivity contribution in [3.63, 3.8) is 0 Å². The minimum Gasteiger partial charge on any atom is -0.366 e. The molecule has 0 fully saturated rings. The van der Waals surface area contributed by atoms with Gasteiger partial charge in [0.25, 0.3) is 5.91 Å². The summed E-state index contributed by atoms with van der Waals surface area (Å²) in [6.07, 6.45) is 1.55. The van der Waals surface area contributed by atoms with Crippen molar-refractivity contribution in [3.8, 4) is 11.8 Å². The Morgan fingerprint density at radius 1 is 1.27 bits per heavy atom. The quantitative estimate of drug-likeness (QED) is 0.552. The average molecular weight is 362 g/mol. The van der Waals surface area contributed by atoms with E-state index in [0.717, 1.165) is 16.6 Å². The maximum atomic E-state index is 12.0. The maximum absolute atomic E-state index is 12.0. The number of rotatable bonds is 2. The van der Waals surface area contributed by atoms with Crippen molar-refractivity contribution >= 4 is 39.4 Å². The number of pyridine rings is 2. The van der Waals surface area contributed by atoms with Gasteiger partial charge in [-0.2, -0.15) is 5.26 Å². The number of nitriles is 1. The van der Waals surface area contributed by atoms with E-state index in [-0.39, 0.29) is 0 Å². The van der Waals surface area contributed by atoms with E-state index in [1.54, 1.807) is 25.3 Å². The molecule has 0 aliphatic carbocycles. The third-order valence-electron chi connectivity index (χ3n) is 4.35. The van der Waals surface area contributed by atoms with Crippen molar-refractivity contribution in [1.29, 1.82) is 5.26 Å². The summed E-state index contributed by atoms with van der Waals surface area (Å²) in [7, 11) is 0. The standard InChI is InChI=1S/C19H12ClN5O/c1-10-16(18(22)26)17-12(9-21)6-7-23-19(17)25(10)13-3-4-14-11(8-13)2-5-15(20)24-14/h2-8H,1H3,(H2,22,26). The molecule has 4 aromatic rings. The van der Waals surface area contributed by atoms with Crippen LogP contribution in [0.15, 0.2) is 42.6 Å². The molecule has 0 aliphatic heterocycles. The fourth-order valence-electron chi connectivity index (χ4n) is 3.26. The lowest BCUT2D eigenvalue weighted by molar-refractivity contribution is 0.100. The number of aromatic nitrogens is 3. The van der Waals surface area contributed by atoms with Crippen molar-refractivity contribution in [2.75, 3.05) is 0 Å². The van der Waals surface area contributed by atoms with Crippen molar-refractivity contribution < 1.29 is 4.79 Å². The first-order chi connectivity index (χ1) is 12.5. The number of fused-ring (bicyclic) bond motifs is 2. The molecule has 6 nitrogen and oxygen atoms in total. The SMILES string of the molecule is Cc1c(C(N)=O)c2c(C#N)ccnc2n1-c1ccc2nc(Cl)ccc2c1. The third-order valence-corrected chi connectivity index (χ3v) is 4.56. The first-order valence-electron chi connectivity index (χ1n) is 7.78. The van der Waals surface area contributed by atoms with E-state index >= 15 is 0 Å². The van der Waals surface area contributed by atoms with Crippen LogP contribution in [0.4, 0.5) is 0 Å². The van der Waals surface area contributed by atoms with Crippen LogP contribution < -0.4 is 5.73 Å². The van der Waals surface area contributed by atoms with Gasteiger partial charge in [0, 0.05) is 23.0 Å². The van der Waals surface area contributed by atoms with Crippen LogP contribution in [0.5, 0.6) is 0 Å². The van der Waals surface area contributed by atoms with Crippen LogP contribution in [-0.4, -0.2) is 20.4 Å². The summed E-state index contributed by atoms with van der Waals surface area (Å²) in [6.45, 7) is 1.78. The lowest BCUT2D eigenvalue weighted by Gasteiger charge is -2.09. The van der Waals surface area contributed by atoms with Crippen molar-refractivity contribution in [1.82, 2.24) is 14.5 Å². The van der Waals surface area contributed by atoms with Gasteiger partial charge in [0.1, 0.15) is 10.8 Å². The number of benzene rings is 1. The zero-order valence-corrected chi connectivity index (χ0v) is 14.4. The average Bonchev–Trinajstić information content (AvgIpc) is 2.93. The molecule has 0 atom stereocenters. The zero-order valence-electron chi connectivity index (χ0n) is 13.7. The molecule has 0 spiro atoms. The maximum Gasteiger partial charge on any atom is 0.251 e. The van der Waals surface area contributed by atoms with Gasteiger partial charge in [0.2, 0.25) is 0 Å². The van der Waals surface area contributed by atoms with Gasteiger partial charge < -0.3 is 5.73 Å². The second-order valence-corrected chi connectivity index (χ2v) is 6.23. The number of hydrogen-bond donors (Lipinski definition) is 1. The Morgan fingerprint density at radius 2 is 2.08 bits per heavy atom. The highest BCUT2D eigenvalue weighted by atomic mass is 35.5. The topological polar surface area (TPSA) is 97.6 Å². The van der Waals surface area contributed by atoms with E-state index in [9.17, 15) is 10.1 Å². The van der Waals surface area contributed by atoms with E-state index in [4.69, 9.17) is 17.3 Å². The van der Waals surface area contributed by atoms with Gasteiger partial charge >= 0.3 is 0 Å². The smallest absolute Gasteiger partial charge is 0.251 e. The fourth-order valence-corrected chi connectivity index (χ4v) is 3.41. The Balaban J connectivity index is 2.09. The molecular weight excluding hydrogens is 350 g/mol. The van der Waals surface area contributed by atoms with Gasteiger partial charge in [-0.3, -0.25) is 9.36 Å².